The molecule has 1 aliphatic heterocycles. The van der Waals surface area contributed by atoms with E-state index in [1.807, 2.05) is 25.1 Å². The van der Waals surface area contributed by atoms with Gasteiger partial charge in [0, 0.05) is 6.04 Å². The molecule has 144 valence electrons. The highest BCUT2D eigenvalue weighted by atomic mass is 16.5. The number of ether oxygens (including phenoxy) is 2. The van der Waals surface area contributed by atoms with Crippen LogP contribution in [0.15, 0.2) is 54.6 Å². The fourth-order valence-corrected chi connectivity index (χ4v) is 3.60. The summed E-state index contributed by atoms with van der Waals surface area (Å²) in [5.41, 5.74) is 1.82. The number of benzene rings is 2. The van der Waals surface area contributed by atoms with Crippen molar-refractivity contribution < 1.29 is 14.3 Å². The number of rotatable bonds is 8. The second-order valence-corrected chi connectivity index (χ2v) is 7.00. The summed E-state index contributed by atoms with van der Waals surface area (Å²) in [7, 11) is 0. The molecular weight excluding hydrogens is 338 g/mol. The van der Waals surface area contributed by atoms with E-state index in [4.69, 9.17) is 9.47 Å². The smallest absolute Gasteiger partial charge is 0.338 e. The number of piperidine rings is 1. The summed E-state index contributed by atoms with van der Waals surface area (Å²) in [4.78, 5) is 15.0. The minimum absolute atomic E-state index is 0.215. The van der Waals surface area contributed by atoms with Crippen LogP contribution in [0.2, 0.25) is 0 Å². The lowest BCUT2D eigenvalue weighted by Crippen LogP contribution is -2.43. The molecule has 2 aromatic rings. The number of hydrogen-bond donors (Lipinski definition) is 0. The zero-order valence-corrected chi connectivity index (χ0v) is 16.1. The van der Waals surface area contributed by atoms with E-state index in [1.165, 1.54) is 24.8 Å². The predicted octanol–water partition coefficient (Wildman–Crippen LogP) is 4.34. The first-order valence-corrected chi connectivity index (χ1v) is 9.94. The van der Waals surface area contributed by atoms with E-state index in [0.717, 1.165) is 19.5 Å². The number of hydrogen-bond acceptors (Lipinski definition) is 4. The molecule has 2 aromatic carbocycles. The van der Waals surface area contributed by atoms with Crippen molar-refractivity contribution in [2.45, 2.75) is 38.6 Å². The van der Waals surface area contributed by atoms with E-state index in [-0.39, 0.29) is 12.0 Å². The van der Waals surface area contributed by atoms with Gasteiger partial charge in [0.05, 0.1) is 12.2 Å². The predicted molar refractivity (Wildman–Crippen MR) is 107 cm³/mol. The molecule has 0 spiro atoms. The second-order valence-electron chi connectivity index (χ2n) is 7.00. The van der Waals surface area contributed by atoms with Crippen LogP contribution in [0.25, 0.3) is 0 Å². The lowest BCUT2D eigenvalue weighted by molar-refractivity contribution is 0.0320. The summed E-state index contributed by atoms with van der Waals surface area (Å²) >= 11 is 0. The molecule has 0 aromatic heterocycles. The Kier molecular flexibility index (Phi) is 7.28. The van der Waals surface area contributed by atoms with Crippen molar-refractivity contribution >= 4 is 5.97 Å². The van der Waals surface area contributed by atoms with Gasteiger partial charge in [-0.2, -0.15) is 0 Å². The molecule has 0 amide bonds. The summed E-state index contributed by atoms with van der Waals surface area (Å²) in [5, 5.41) is 0. The van der Waals surface area contributed by atoms with Gasteiger partial charge in [0.1, 0.15) is 12.4 Å². The number of esters is 1. The van der Waals surface area contributed by atoms with Gasteiger partial charge < -0.3 is 9.47 Å². The molecule has 1 heterocycles. The van der Waals surface area contributed by atoms with Crippen LogP contribution in [0.5, 0.6) is 5.75 Å². The van der Waals surface area contributed by atoms with Crippen LogP contribution in [-0.2, 0) is 11.2 Å². The van der Waals surface area contributed by atoms with Gasteiger partial charge in [0.15, 0.2) is 0 Å². The summed E-state index contributed by atoms with van der Waals surface area (Å²) in [5.74, 6) is 0.412. The summed E-state index contributed by atoms with van der Waals surface area (Å²) < 4.78 is 11.2. The van der Waals surface area contributed by atoms with Crippen LogP contribution in [0, 0.1) is 0 Å². The molecule has 0 unspecified atom stereocenters. The maximum Gasteiger partial charge on any atom is 0.338 e. The minimum atomic E-state index is -0.286. The van der Waals surface area contributed by atoms with Crippen LogP contribution in [0.4, 0.5) is 0 Å². The third-order valence-electron chi connectivity index (χ3n) is 5.01. The normalized spacial score (nSPS) is 15.9. The molecule has 0 aliphatic carbocycles. The highest BCUT2D eigenvalue weighted by Crippen LogP contribution is 2.18. The Morgan fingerprint density at radius 1 is 1.04 bits per heavy atom. The Morgan fingerprint density at radius 3 is 2.56 bits per heavy atom. The molecule has 0 saturated carbocycles. The molecule has 0 N–H and O–H groups in total. The van der Waals surface area contributed by atoms with Gasteiger partial charge in [-0.15, -0.1) is 0 Å². The van der Waals surface area contributed by atoms with Gasteiger partial charge in [-0.1, -0.05) is 42.8 Å². The van der Waals surface area contributed by atoms with Gasteiger partial charge in [-0.3, -0.25) is 4.90 Å². The molecule has 1 saturated heterocycles. The van der Waals surface area contributed by atoms with Crippen LogP contribution < -0.4 is 4.74 Å². The zero-order valence-electron chi connectivity index (χ0n) is 16.1. The molecule has 0 radical (unpaired) electrons. The van der Waals surface area contributed by atoms with Crippen molar-refractivity contribution in [1.82, 2.24) is 4.90 Å². The minimum Gasteiger partial charge on any atom is -0.494 e. The number of carbonyl (C=O) groups is 1. The van der Waals surface area contributed by atoms with Gasteiger partial charge in [-0.25, -0.2) is 4.79 Å². The van der Waals surface area contributed by atoms with E-state index in [2.05, 4.69) is 29.2 Å². The van der Waals surface area contributed by atoms with E-state index in [1.54, 1.807) is 12.1 Å². The van der Waals surface area contributed by atoms with Crippen molar-refractivity contribution in [2.24, 2.45) is 0 Å². The standard InChI is InChI=1S/C23H29NO3/c1-2-26-22-13-9-12-20(17-22)23(25)27-18-21(24-14-7-4-8-15-24)16-19-10-5-3-6-11-19/h3,5-6,9-13,17,21H,2,4,7-8,14-16,18H2,1H3/t21-/m0/s1. The third-order valence-corrected chi connectivity index (χ3v) is 5.01. The molecule has 1 atom stereocenters. The third kappa shape index (κ3) is 5.83. The van der Waals surface area contributed by atoms with Crippen LogP contribution in [-0.4, -0.2) is 43.2 Å². The maximum absolute atomic E-state index is 12.5. The second kappa shape index (κ2) is 10.1. The Bertz CT molecular complexity index is 711. The quantitative estimate of drug-likeness (QED) is 0.651. The van der Waals surface area contributed by atoms with Crippen molar-refractivity contribution in [3.8, 4) is 5.75 Å². The lowest BCUT2D eigenvalue weighted by Gasteiger charge is -2.34. The fraction of sp³-hybridized carbons (Fsp3) is 0.435. The highest BCUT2D eigenvalue weighted by molar-refractivity contribution is 5.89. The Labute approximate surface area is 162 Å². The summed E-state index contributed by atoms with van der Waals surface area (Å²) in [6, 6.07) is 17.9. The fourth-order valence-electron chi connectivity index (χ4n) is 3.60. The molecule has 1 aliphatic rings. The summed E-state index contributed by atoms with van der Waals surface area (Å²) in [6.07, 6.45) is 4.62. The maximum atomic E-state index is 12.5. The molecule has 4 nitrogen and oxygen atoms in total. The number of nitrogens with zero attached hydrogens (tertiary/aromatic N) is 1. The van der Waals surface area contributed by atoms with Gasteiger partial charge in [0.25, 0.3) is 0 Å². The number of carbonyl (C=O) groups excluding carboxylic acids is 1. The van der Waals surface area contributed by atoms with E-state index >= 15 is 0 Å². The van der Waals surface area contributed by atoms with Crippen molar-refractivity contribution in [1.29, 1.82) is 0 Å². The molecule has 1 fully saturated rings. The SMILES string of the molecule is CCOc1cccc(C(=O)OC[C@H](Cc2ccccc2)N2CCCCC2)c1. The highest BCUT2D eigenvalue weighted by Gasteiger charge is 2.23. The summed E-state index contributed by atoms with van der Waals surface area (Å²) in [6.45, 7) is 5.07. The van der Waals surface area contributed by atoms with E-state index in [0.29, 0.717) is 24.5 Å². The topological polar surface area (TPSA) is 38.8 Å². The average molecular weight is 367 g/mol. The van der Waals surface area contributed by atoms with Gasteiger partial charge in [-0.05, 0) is 63.0 Å². The van der Waals surface area contributed by atoms with Crippen LogP contribution >= 0.6 is 0 Å². The van der Waals surface area contributed by atoms with Crippen LogP contribution in [0.3, 0.4) is 0 Å². The van der Waals surface area contributed by atoms with E-state index in [9.17, 15) is 4.79 Å². The first-order chi connectivity index (χ1) is 13.3. The largest absolute Gasteiger partial charge is 0.494 e. The lowest BCUT2D eigenvalue weighted by atomic mass is 10.0. The van der Waals surface area contributed by atoms with Crippen molar-refractivity contribution in [2.75, 3.05) is 26.3 Å². The van der Waals surface area contributed by atoms with Gasteiger partial charge >= 0.3 is 5.97 Å². The average Bonchev–Trinajstić information content (AvgIpc) is 2.73. The first kappa shape index (κ1) is 19.4. The van der Waals surface area contributed by atoms with Crippen molar-refractivity contribution in [3.63, 3.8) is 0 Å². The number of likely N-dealkylation sites (tertiary alicyclic amines) is 1. The van der Waals surface area contributed by atoms with Gasteiger partial charge in [0.2, 0.25) is 0 Å². The molecule has 3 rings (SSSR count). The monoisotopic (exact) mass is 367 g/mol. The first-order valence-electron chi connectivity index (χ1n) is 9.94. The molecule has 4 heteroatoms. The van der Waals surface area contributed by atoms with E-state index < -0.39 is 0 Å². The van der Waals surface area contributed by atoms with Crippen LogP contribution in [0.1, 0.15) is 42.1 Å². The molecule has 0 bridgehead atoms. The zero-order chi connectivity index (χ0) is 18.9. The molecule has 27 heavy (non-hydrogen) atoms. The Morgan fingerprint density at radius 2 is 1.81 bits per heavy atom. The Hall–Kier alpha value is -2.33. The van der Waals surface area contributed by atoms with Crippen molar-refractivity contribution in [3.05, 3.63) is 65.7 Å². The Balaban J connectivity index is 1.64. The molecular formula is C23H29NO3.